The molecule has 7 heteroatoms. The summed E-state index contributed by atoms with van der Waals surface area (Å²) in [6.07, 6.45) is 7.53. The van der Waals surface area contributed by atoms with Gasteiger partial charge in [0.1, 0.15) is 5.01 Å². The Bertz CT molecular complexity index is 1100. The number of aromatic nitrogens is 4. The minimum Gasteiger partial charge on any atom is -0.327 e. The number of nitrogens with two attached hydrogens (primary N) is 1. The zero-order chi connectivity index (χ0) is 18.9. The summed E-state index contributed by atoms with van der Waals surface area (Å²) in [5, 5.41) is 7.55. The van der Waals surface area contributed by atoms with Crippen molar-refractivity contribution >= 4 is 22.2 Å². The predicted molar refractivity (Wildman–Crippen MR) is 112 cm³/mol. The van der Waals surface area contributed by atoms with Crippen LogP contribution in [0.1, 0.15) is 24.4 Å². The Morgan fingerprint density at radius 2 is 1.93 bits per heavy atom. The van der Waals surface area contributed by atoms with Crippen molar-refractivity contribution in [3.8, 4) is 22.1 Å². The van der Waals surface area contributed by atoms with E-state index in [-0.39, 0.29) is 12.1 Å². The largest absolute Gasteiger partial charge is 0.327 e. The van der Waals surface area contributed by atoms with Crippen molar-refractivity contribution in [3.63, 3.8) is 0 Å². The van der Waals surface area contributed by atoms with Crippen molar-refractivity contribution in [2.24, 2.45) is 5.73 Å². The van der Waals surface area contributed by atoms with Crippen molar-refractivity contribution in [2.75, 3.05) is 6.54 Å². The van der Waals surface area contributed by atoms with Crippen LogP contribution in [0.3, 0.4) is 0 Å². The van der Waals surface area contributed by atoms with Crippen LogP contribution < -0.4 is 11.1 Å². The third-order valence-corrected chi connectivity index (χ3v) is 5.95. The molecule has 0 amide bonds. The average Bonchev–Trinajstić information content (AvgIpc) is 3.29. The first-order valence-corrected chi connectivity index (χ1v) is 10.3. The van der Waals surface area contributed by atoms with Crippen LogP contribution in [0.25, 0.3) is 33.0 Å². The lowest BCUT2D eigenvalue weighted by Crippen LogP contribution is -2.41. The van der Waals surface area contributed by atoms with Gasteiger partial charge in [-0.1, -0.05) is 6.07 Å². The fourth-order valence-corrected chi connectivity index (χ4v) is 4.31. The maximum absolute atomic E-state index is 6.04. The highest BCUT2D eigenvalue weighted by Gasteiger charge is 2.21. The summed E-state index contributed by atoms with van der Waals surface area (Å²) in [5.41, 5.74) is 10.7. The molecule has 5 rings (SSSR count). The van der Waals surface area contributed by atoms with E-state index in [0.717, 1.165) is 52.4 Å². The molecule has 2 atom stereocenters. The van der Waals surface area contributed by atoms with E-state index >= 15 is 0 Å². The van der Waals surface area contributed by atoms with Gasteiger partial charge in [-0.25, -0.2) is 9.97 Å². The molecule has 4 aromatic heterocycles. The molecule has 0 spiro atoms. The lowest BCUT2D eigenvalue weighted by molar-refractivity contribution is 0.375. The van der Waals surface area contributed by atoms with Crippen LogP contribution in [0.5, 0.6) is 0 Å². The third-order valence-electron chi connectivity index (χ3n) is 5.15. The van der Waals surface area contributed by atoms with Gasteiger partial charge < -0.3 is 11.1 Å². The number of piperidine rings is 1. The molecule has 0 aromatic carbocycles. The van der Waals surface area contributed by atoms with Gasteiger partial charge >= 0.3 is 0 Å². The number of pyridine rings is 3. The monoisotopic (exact) mass is 388 g/mol. The summed E-state index contributed by atoms with van der Waals surface area (Å²) >= 11 is 1.58. The molecule has 0 saturated carbocycles. The molecule has 28 heavy (non-hydrogen) atoms. The van der Waals surface area contributed by atoms with Gasteiger partial charge in [0.15, 0.2) is 0 Å². The van der Waals surface area contributed by atoms with Crippen LogP contribution in [0.2, 0.25) is 0 Å². The van der Waals surface area contributed by atoms with E-state index in [0.29, 0.717) is 0 Å². The molecule has 1 saturated heterocycles. The summed E-state index contributed by atoms with van der Waals surface area (Å²) in [6, 6.07) is 10.7. The number of thiazole rings is 1. The van der Waals surface area contributed by atoms with Gasteiger partial charge in [-0.15, -0.1) is 11.3 Å². The maximum atomic E-state index is 6.04. The Morgan fingerprint density at radius 3 is 2.75 bits per heavy atom. The van der Waals surface area contributed by atoms with Gasteiger partial charge in [-0.3, -0.25) is 9.97 Å². The lowest BCUT2D eigenvalue weighted by atomic mass is 9.93. The molecule has 5 heterocycles. The second kappa shape index (κ2) is 7.35. The van der Waals surface area contributed by atoms with E-state index in [2.05, 4.69) is 32.4 Å². The average molecular weight is 389 g/mol. The molecule has 0 radical (unpaired) electrons. The van der Waals surface area contributed by atoms with Crippen LogP contribution in [0.15, 0.2) is 54.3 Å². The van der Waals surface area contributed by atoms with Crippen molar-refractivity contribution in [1.82, 2.24) is 25.3 Å². The van der Waals surface area contributed by atoms with Crippen LogP contribution in [0, 0.1) is 0 Å². The standard InChI is InChI=1S/C21H20N6S/c22-13-4-5-16(25-11-13)14-6-7-23-20-12-26-19(10-15(14)20)17-2-1-3-18(27-17)21-24-8-9-28-21/h1-3,6-10,12-13,16,25H,4-5,11,22H2. The molecule has 0 aliphatic carbocycles. The summed E-state index contributed by atoms with van der Waals surface area (Å²) in [6.45, 7) is 0.837. The molecule has 140 valence electrons. The molecule has 0 bridgehead atoms. The summed E-state index contributed by atoms with van der Waals surface area (Å²) in [4.78, 5) is 18.3. The number of fused-ring (bicyclic) bond motifs is 1. The Balaban J connectivity index is 1.56. The second-order valence-electron chi connectivity index (χ2n) is 7.03. The van der Waals surface area contributed by atoms with Gasteiger partial charge in [-0.05, 0) is 42.7 Å². The van der Waals surface area contributed by atoms with E-state index in [1.165, 1.54) is 5.56 Å². The normalized spacial score (nSPS) is 19.8. The van der Waals surface area contributed by atoms with Crippen LogP contribution in [0.4, 0.5) is 0 Å². The number of hydrogen-bond donors (Lipinski definition) is 2. The zero-order valence-electron chi connectivity index (χ0n) is 15.2. The van der Waals surface area contributed by atoms with Gasteiger partial charge in [0.25, 0.3) is 0 Å². The maximum Gasteiger partial charge on any atom is 0.141 e. The van der Waals surface area contributed by atoms with Gasteiger partial charge in [-0.2, -0.15) is 0 Å². The molecule has 6 nitrogen and oxygen atoms in total. The number of hydrogen-bond acceptors (Lipinski definition) is 7. The first-order valence-electron chi connectivity index (χ1n) is 9.39. The first kappa shape index (κ1) is 17.4. The van der Waals surface area contributed by atoms with Crippen LogP contribution in [-0.2, 0) is 0 Å². The molecular weight excluding hydrogens is 368 g/mol. The molecular formula is C21H20N6S. The van der Waals surface area contributed by atoms with Crippen molar-refractivity contribution in [1.29, 1.82) is 0 Å². The third kappa shape index (κ3) is 3.28. The van der Waals surface area contributed by atoms with E-state index in [1.807, 2.05) is 36.0 Å². The summed E-state index contributed by atoms with van der Waals surface area (Å²) in [5.74, 6) is 0. The van der Waals surface area contributed by atoms with E-state index < -0.39 is 0 Å². The van der Waals surface area contributed by atoms with Crippen molar-refractivity contribution in [2.45, 2.75) is 24.9 Å². The van der Waals surface area contributed by atoms with Crippen molar-refractivity contribution < 1.29 is 0 Å². The minimum absolute atomic E-state index is 0.236. The summed E-state index contributed by atoms with van der Waals surface area (Å²) < 4.78 is 0. The first-order chi connectivity index (χ1) is 13.8. The molecule has 1 aliphatic heterocycles. The lowest BCUT2D eigenvalue weighted by Gasteiger charge is -2.28. The zero-order valence-corrected chi connectivity index (χ0v) is 16.1. The second-order valence-corrected chi connectivity index (χ2v) is 7.93. The van der Waals surface area contributed by atoms with Crippen LogP contribution in [-0.4, -0.2) is 32.5 Å². The van der Waals surface area contributed by atoms with Gasteiger partial charge in [0.05, 0.1) is 28.8 Å². The minimum atomic E-state index is 0.236. The Kier molecular flexibility index (Phi) is 4.56. The van der Waals surface area contributed by atoms with Crippen molar-refractivity contribution in [3.05, 3.63) is 59.9 Å². The topological polar surface area (TPSA) is 89.6 Å². The number of nitrogens with zero attached hydrogens (tertiary/aromatic N) is 4. The highest BCUT2D eigenvalue weighted by atomic mass is 32.1. The predicted octanol–water partition coefficient (Wildman–Crippen LogP) is 3.57. The Morgan fingerprint density at radius 1 is 1.00 bits per heavy atom. The highest BCUT2D eigenvalue weighted by molar-refractivity contribution is 7.13. The molecule has 1 aliphatic rings. The highest BCUT2D eigenvalue weighted by Crippen LogP contribution is 2.30. The van der Waals surface area contributed by atoms with Gasteiger partial charge in [0, 0.05) is 41.8 Å². The van der Waals surface area contributed by atoms with E-state index in [4.69, 9.17) is 10.7 Å². The fourth-order valence-electron chi connectivity index (χ4n) is 3.70. The molecule has 4 aromatic rings. The molecule has 1 fully saturated rings. The van der Waals surface area contributed by atoms with Gasteiger partial charge in [0.2, 0.25) is 0 Å². The van der Waals surface area contributed by atoms with E-state index in [1.54, 1.807) is 17.5 Å². The fraction of sp³-hybridized carbons (Fsp3) is 0.238. The quantitative estimate of drug-likeness (QED) is 0.558. The molecule has 3 N–H and O–H groups in total. The Hall–Kier alpha value is -2.74. The van der Waals surface area contributed by atoms with Crippen LogP contribution >= 0.6 is 11.3 Å². The smallest absolute Gasteiger partial charge is 0.141 e. The SMILES string of the molecule is NC1CCC(c2ccnc3cnc(-c4cccc(-c5nccs5)n4)cc23)NC1. The number of nitrogens with one attached hydrogen (secondary N) is 1. The number of rotatable bonds is 3. The van der Waals surface area contributed by atoms with E-state index in [9.17, 15) is 0 Å². The molecule has 2 unspecified atom stereocenters. The Labute approximate surface area is 166 Å². The summed E-state index contributed by atoms with van der Waals surface area (Å²) in [7, 11) is 0.